The third-order valence-electron chi connectivity index (χ3n) is 3.27. The van der Waals surface area contributed by atoms with E-state index in [0.29, 0.717) is 17.7 Å². The highest BCUT2D eigenvalue weighted by Gasteiger charge is 2.36. The predicted octanol–water partition coefficient (Wildman–Crippen LogP) is 2.33. The molecule has 0 fully saturated rings. The smallest absolute Gasteiger partial charge is 0.338 e. The second kappa shape index (κ2) is 6.60. The molecule has 0 radical (unpaired) electrons. The number of benzene rings is 1. The number of carbonyl (C=O) groups excluding carboxylic acids is 2. The first-order chi connectivity index (χ1) is 10.4. The summed E-state index contributed by atoms with van der Waals surface area (Å²) in [6.07, 6.45) is -0.267. The van der Waals surface area contributed by atoms with Gasteiger partial charge in [0.25, 0.3) is 0 Å². The summed E-state index contributed by atoms with van der Waals surface area (Å²) in [7, 11) is 1.29. The Morgan fingerprint density at radius 2 is 2.00 bits per heavy atom. The Bertz CT molecular complexity index is 579. The number of ether oxygens (including phenoxy) is 2. The number of hydrogen-bond acceptors (Lipinski definition) is 6. The van der Waals surface area contributed by atoms with Crippen molar-refractivity contribution in [3.63, 3.8) is 0 Å². The molecule has 22 heavy (non-hydrogen) atoms. The Kier molecular flexibility index (Phi) is 4.80. The first-order valence-electron chi connectivity index (χ1n) is 6.99. The Morgan fingerprint density at radius 3 is 2.64 bits per heavy atom. The molecular formula is C16H19NO5. The Labute approximate surface area is 129 Å². The van der Waals surface area contributed by atoms with Gasteiger partial charge in [0.05, 0.1) is 19.1 Å². The van der Waals surface area contributed by atoms with E-state index >= 15 is 0 Å². The van der Waals surface area contributed by atoms with Gasteiger partial charge in [-0.3, -0.25) is 4.79 Å². The van der Waals surface area contributed by atoms with Crippen LogP contribution in [-0.4, -0.2) is 36.5 Å². The summed E-state index contributed by atoms with van der Waals surface area (Å²) in [5.41, 5.74) is 0.237. The maximum Gasteiger partial charge on any atom is 0.338 e. The summed E-state index contributed by atoms with van der Waals surface area (Å²) in [4.78, 5) is 29.0. The van der Waals surface area contributed by atoms with E-state index in [-0.39, 0.29) is 6.42 Å². The van der Waals surface area contributed by atoms with Gasteiger partial charge < -0.3 is 14.3 Å². The van der Waals surface area contributed by atoms with Crippen LogP contribution in [0.1, 0.15) is 37.0 Å². The van der Waals surface area contributed by atoms with Gasteiger partial charge in [-0.1, -0.05) is 23.4 Å². The second-order valence-electron chi connectivity index (χ2n) is 5.65. The fraction of sp³-hybridized carbons (Fsp3) is 0.438. The molecule has 0 spiro atoms. The highest BCUT2D eigenvalue weighted by molar-refractivity contribution is 6.03. The van der Waals surface area contributed by atoms with Crippen LogP contribution in [0.25, 0.3) is 0 Å². The summed E-state index contributed by atoms with van der Waals surface area (Å²) >= 11 is 0. The van der Waals surface area contributed by atoms with Gasteiger partial charge in [-0.2, -0.15) is 0 Å². The van der Waals surface area contributed by atoms with Crippen molar-refractivity contribution in [2.75, 3.05) is 7.11 Å². The molecule has 0 amide bonds. The van der Waals surface area contributed by atoms with E-state index in [0.717, 1.165) is 0 Å². The highest BCUT2D eigenvalue weighted by Crippen LogP contribution is 2.26. The van der Waals surface area contributed by atoms with Gasteiger partial charge in [0.1, 0.15) is 17.4 Å². The molecule has 0 aliphatic carbocycles. The van der Waals surface area contributed by atoms with E-state index in [1.165, 1.54) is 7.11 Å². The van der Waals surface area contributed by atoms with Crippen LogP contribution in [-0.2, 0) is 19.1 Å². The van der Waals surface area contributed by atoms with E-state index in [4.69, 9.17) is 9.57 Å². The van der Waals surface area contributed by atoms with Crippen molar-refractivity contribution in [3.8, 4) is 0 Å². The van der Waals surface area contributed by atoms with Crippen LogP contribution < -0.4 is 0 Å². The van der Waals surface area contributed by atoms with Gasteiger partial charge in [0.2, 0.25) is 0 Å². The number of hydrogen-bond donors (Lipinski definition) is 0. The molecule has 0 bridgehead atoms. The Balaban J connectivity index is 2.14. The minimum absolute atomic E-state index is 0.0701. The third-order valence-corrected chi connectivity index (χ3v) is 3.27. The third kappa shape index (κ3) is 4.07. The molecule has 6 nitrogen and oxygen atoms in total. The maximum atomic E-state index is 12.2. The van der Waals surface area contributed by atoms with Gasteiger partial charge in [0, 0.05) is 6.42 Å². The van der Waals surface area contributed by atoms with E-state index in [1.54, 1.807) is 24.3 Å². The monoisotopic (exact) mass is 305 g/mol. The first-order valence-corrected chi connectivity index (χ1v) is 6.99. The van der Waals surface area contributed by atoms with Crippen LogP contribution in [0.2, 0.25) is 0 Å². The fourth-order valence-corrected chi connectivity index (χ4v) is 2.09. The van der Waals surface area contributed by atoms with Crippen LogP contribution in [0, 0.1) is 0 Å². The summed E-state index contributed by atoms with van der Waals surface area (Å²) in [6.45, 7) is 3.68. The topological polar surface area (TPSA) is 74.2 Å². The van der Waals surface area contributed by atoms with Gasteiger partial charge in [-0.25, -0.2) is 4.79 Å². The van der Waals surface area contributed by atoms with Gasteiger partial charge >= 0.3 is 11.9 Å². The molecule has 0 aromatic heterocycles. The fourth-order valence-electron chi connectivity index (χ4n) is 2.09. The minimum Gasteiger partial charge on any atom is -0.469 e. The van der Waals surface area contributed by atoms with Crippen molar-refractivity contribution in [2.24, 2.45) is 5.16 Å². The van der Waals surface area contributed by atoms with Crippen LogP contribution in [0.4, 0.5) is 0 Å². The van der Waals surface area contributed by atoms with Crippen molar-refractivity contribution in [3.05, 3.63) is 35.9 Å². The van der Waals surface area contributed by atoms with Crippen molar-refractivity contribution in [1.29, 1.82) is 0 Å². The van der Waals surface area contributed by atoms with Crippen molar-refractivity contribution in [1.82, 2.24) is 0 Å². The maximum absolute atomic E-state index is 12.2. The lowest BCUT2D eigenvalue weighted by Gasteiger charge is -2.32. The molecule has 0 N–H and O–H groups in total. The molecule has 1 atom stereocenters. The average Bonchev–Trinajstić information content (AvgIpc) is 2.50. The van der Waals surface area contributed by atoms with E-state index in [1.807, 2.05) is 19.9 Å². The summed E-state index contributed by atoms with van der Waals surface area (Å²) in [5.74, 6) is -0.913. The van der Waals surface area contributed by atoms with Crippen LogP contribution in [0.15, 0.2) is 35.5 Å². The van der Waals surface area contributed by atoms with E-state index < -0.39 is 23.6 Å². The molecule has 1 aliphatic rings. The molecule has 0 saturated carbocycles. The number of oxime groups is 1. The van der Waals surface area contributed by atoms with Crippen molar-refractivity contribution >= 4 is 17.7 Å². The number of esters is 2. The van der Waals surface area contributed by atoms with Crippen molar-refractivity contribution in [2.45, 2.75) is 38.4 Å². The van der Waals surface area contributed by atoms with Crippen molar-refractivity contribution < 1.29 is 23.9 Å². The largest absolute Gasteiger partial charge is 0.469 e. The second-order valence-corrected chi connectivity index (χ2v) is 5.65. The molecule has 2 rings (SSSR count). The number of rotatable bonds is 4. The molecule has 6 heteroatoms. The Morgan fingerprint density at radius 1 is 1.32 bits per heavy atom. The van der Waals surface area contributed by atoms with E-state index in [9.17, 15) is 9.59 Å². The van der Waals surface area contributed by atoms with Gasteiger partial charge in [-0.15, -0.1) is 0 Å². The first kappa shape index (κ1) is 16.0. The predicted molar refractivity (Wildman–Crippen MR) is 79.5 cm³/mol. The van der Waals surface area contributed by atoms with E-state index in [2.05, 4.69) is 9.89 Å². The normalized spacial score (nSPS) is 19.6. The molecule has 118 valence electrons. The lowest BCUT2D eigenvalue weighted by atomic mass is 9.95. The standard InChI is InChI=1S/C16H19NO5/c1-16(2)10-13(12(17-22-16)9-14(18)20-3)21-15(19)11-7-5-4-6-8-11/h4-8,13H,9-10H2,1-3H3. The number of carbonyl (C=O) groups is 2. The zero-order chi connectivity index (χ0) is 16.2. The molecule has 1 aliphatic heterocycles. The molecule has 0 saturated heterocycles. The summed E-state index contributed by atoms with van der Waals surface area (Å²) < 4.78 is 10.1. The lowest BCUT2D eigenvalue weighted by molar-refractivity contribution is -0.139. The zero-order valence-electron chi connectivity index (χ0n) is 12.9. The van der Waals surface area contributed by atoms with Crippen LogP contribution in [0.3, 0.4) is 0 Å². The molecule has 1 aromatic rings. The summed E-state index contributed by atoms with van der Waals surface area (Å²) in [6, 6.07) is 8.67. The summed E-state index contributed by atoms with van der Waals surface area (Å²) in [5, 5.41) is 3.94. The molecule has 1 unspecified atom stereocenters. The minimum atomic E-state index is -0.615. The van der Waals surface area contributed by atoms with Crippen LogP contribution >= 0.6 is 0 Å². The van der Waals surface area contributed by atoms with Gasteiger partial charge in [-0.05, 0) is 26.0 Å². The number of methoxy groups -OCH3 is 1. The quantitative estimate of drug-likeness (QED) is 0.798. The van der Waals surface area contributed by atoms with Gasteiger partial charge in [0.15, 0.2) is 0 Å². The molecule has 1 heterocycles. The van der Waals surface area contributed by atoms with Crippen LogP contribution in [0.5, 0.6) is 0 Å². The highest BCUT2D eigenvalue weighted by atomic mass is 16.7. The average molecular weight is 305 g/mol. The zero-order valence-corrected chi connectivity index (χ0v) is 12.9. The SMILES string of the molecule is COC(=O)CC1=NOC(C)(C)CC1OC(=O)c1ccccc1. The Hall–Kier alpha value is -2.37. The molecular weight excluding hydrogens is 286 g/mol. The lowest BCUT2D eigenvalue weighted by Crippen LogP contribution is -2.41. The number of nitrogens with zero attached hydrogens (tertiary/aromatic N) is 1. The molecule has 1 aromatic carbocycles.